The van der Waals surface area contributed by atoms with Gasteiger partial charge in [0.05, 0.1) is 37.4 Å². The topological polar surface area (TPSA) is 86.3 Å². The standard InChI is InChI=1S/C25H18ClF3N6O2/c1-37-19-8-4-16(5-9-19)21-10-22(25(27,28)29)35-23(33-21)20(12-31-35)24(36)32-18-11-30-34(14-18)13-15-2-6-17(26)7-3-15/h2-12,14H,13H2,1H3,(H,32,36). The largest absolute Gasteiger partial charge is 0.497 e. The van der Waals surface area contributed by atoms with E-state index in [4.69, 9.17) is 16.3 Å². The first-order valence-electron chi connectivity index (χ1n) is 10.9. The number of hydrogen-bond donors (Lipinski definition) is 1. The third kappa shape index (κ3) is 5.12. The van der Waals surface area contributed by atoms with Crippen molar-refractivity contribution in [2.24, 2.45) is 0 Å². The first kappa shape index (κ1) is 24.3. The van der Waals surface area contributed by atoms with Crippen molar-refractivity contribution in [1.82, 2.24) is 24.4 Å². The van der Waals surface area contributed by atoms with Crippen LogP contribution >= 0.6 is 11.6 Å². The summed E-state index contributed by atoms with van der Waals surface area (Å²) >= 11 is 5.91. The van der Waals surface area contributed by atoms with Gasteiger partial charge in [0.25, 0.3) is 5.91 Å². The van der Waals surface area contributed by atoms with Gasteiger partial charge in [-0.05, 0) is 48.0 Å². The van der Waals surface area contributed by atoms with Crippen LogP contribution in [0.2, 0.25) is 5.02 Å². The Labute approximate surface area is 213 Å². The lowest BCUT2D eigenvalue weighted by Crippen LogP contribution is -2.15. The zero-order valence-electron chi connectivity index (χ0n) is 19.2. The van der Waals surface area contributed by atoms with Gasteiger partial charge in [-0.2, -0.15) is 23.4 Å². The fourth-order valence-electron chi connectivity index (χ4n) is 3.72. The van der Waals surface area contributed by atoms with Gasteiger partial charge in [-0.1, -0.05) is 23.7 Å². The van der Waals surface area contributed by atoms with Crippen LogP contribution in [0, 0.1) is 0 Å². The minimum absolute atomic E-state index is 0.0350. The van der Waals surface area contributed by atoms with Crippen LogP contribution < -0.4 is 10.1 Å². The molecule has 0 aliphatic heterocycles. The molecule has 0 saturated heterocycles. The van der Waals surface area contributed by atoms with Crippen molar-refractivity contribution >= 4 is 28.8 Å². The van der Waals surface area contributed by atoms with Crippen LogP contribution in [-0.2, 0) is 12.7 Å². The number of rotatable bonds is 6. The monoisotopic (exact) mass is 526 g/mol. The Morgan fingerprint density at radius 3 is 2.46 bits per heavy atom. The van der Waals surface area contributed by atoms with Crippen molar-refractivity contribution in [2.45, 2.75) is 12.7 Å². The lowest BCUT2D eigenvalue weighted by atomic mass is 10.1. The molecule has 1 N–H and O–H groups in total. The maximum atomic E-state index is 13.9. The summed E-state index contributed by atoms with van der Waals surface area (Å²) in [7, 11) is 1.49. The maximum absolute atomic E-state index is 13.9. The number of hydrogen-bond acceptors (Lipinski definition) is 5. The van der Waals surface area contributed by atoms with E-state index >= 15 is 0 Å². The van der Waals surface area contributed by atoms with Crippen LogP contribution in [0.25, 0.3) is 16.9 Å². The summed E-state index contributed by atoms with van der Waals surface area (Å²) in [5, 5.41) is 11.3. The summed E-state index contributed by atoms with van der Waals surface area (Å²) < 4.78 is 48.9. The van der Waals surface area contributed by atoms with Gasteiger partial charge in [-0.15, -0.1) is 0 Å². The van der Waals surface area contributed by atoms with E-state index in [0.29, 0.717) is 33.1 Å². The quantitative estimate of drug-likeness (QED) is 0.312. The zero-order valence-corrected chi connectivity index (χ0v) is 20.0. The average Bonchev–Trinajstić information content (AvgIpc) is 3.51. The van der Waals surface area contributed by atoms with Crippen molar-refractivity contribution in [3.63, 3.8) is 0 Å². The Morgan fingerprint density at radius 1 is 1.05 bits per heavy atom. The summed E-state index contributed by atoms with van der Waals surface area (Å²) in [6.07, 6.45) is -0.625. The maximum Gasteiger partial charge on any atom is 0.433 e. The highest BCUT2D eigenvalue weighted by Gasteiger charge is 2.36. The Bertz CT molecular complexity index is 1580. The predicted molar refractivity (Wildman–Crippen MR) is 131 cm³/mol. The second-order valence-corrected chi connectivity index (χ2v) is 8.49. The predicted octanol–water partition coefficient (Wildman–Crippen LogP) is 5.57. The molecule has 0 bridgehead atoms. The van der Waals surface area contributed by atoms with Crippen molar-refractivity contribution in [1.29, 1.82) is 0 Å². The molecule has 0 aliphatic rings. The van der Waals surface area contributed by atoms with Gasteiger partial charge >= 0.3 is 6.18 Å². The van der Waals surface area contributed by atoms with Gasteiger partial charge in [0.2, 0.25) is 0 Å². The van der Waals surface area contributed by atoms with Gasteiger partial charge in [-0.25, -0.2) is 9.50 Å². The summed E-state index contributed by atoms with van der Waals surface area (Å²) in [5.41, 5.74) is 0.359. The number of fused-ring (bicyclic) bond motifs is 1. The lowest BCUT2D eigenvalue weighted by Gasteiger charge is -2.12. The molecular weight excluding hydrogens is 509 g/mol. The number of amides is 1. The molecule has 12 heteroatoms. The van der Waals surface area contributed by atoms with Crippen molar-refractivity contribution in [3.05, 3.63) is 95.0 Å². The molecule has 3 aromatic heterocycles. The number of benzene rings is 2. The molecule has 3 heterocycles. The van der Waals surface area contributed by atoms with Crippen LogP contribution in [0.5, 0.6) is 5.75 Å². The molecule has 0 saturated carbocycles. The van der Waals surface area contributed by atoms with E-state index in [1.54, 1.807) is 47.3 Å². The van der Waals surface area contributed by atoms with Gasteiger partial charge in [0.1, 0.15) is 11.3 Å². The minimum atomic E-state index is -4.73. The van der Waals surface area contributed by atoms with E-state index < -0.39 is 17.8 Å². The van der Waals surface area contributed by atoms with E-state index in [1.165, 1.54) is 13.3 Å². The molecule has 0 radical (unpaired) electrons. The summed E-state index contributed by atoms with van der Waals surface area (Å²) in [5.74, 6) is -0.129. The van der Waals surface area contributed by atoms with E-state index in [2.05, 4.69) is 20.5 Å². The van der Waals surface area contributed by atoms with Crippen LogP contribution in [0.4, 0.5) is 18.9 Å². The number of methoxy groups -OCH3 is 1. The second-order valence-electron chi connectivity index (χ2n) is 8.05. The Hall–Kier alpha value is -4.38. The lowest BCUT2D eigenvalue weighted by molar-refractivity contribution is -0.142. The SMILES string of the molecule is COc1ccc(-c2cc(C(F)(F)F)n3ncc(C(=O)Nc4cnn(Cc5ccc(Cl)cc5)c4)c3n2)cc1. The van der Waals surface area contributed by atoms with Crippen LogP contribution in [0.3, 0.4) is 0 Å². The molecule has 5 aromatic rings. The van der Waals surface area contributed by atoms with E-state index in [-0.39, 0.29) is 16.9 Å². The molecule has 0 fully saturated rings. The average molecular weight is 527 g/mol. The molecule has 0 spiro atoms. The van der Waals surface area contributed by atoms with Gasteiger partial charge in [0.15, 0.2) is 11.3 Å². The van der Waals surface area contributed by atoms with Gasteiger partial charge < -0.3 is 10.1 Å². The number of carbonyl (C=O) groups is 1. The Kier molecular flexibility index (Phi) is 6.30. The highest BCUT2D eigenvalue weighted by molar-refractivity contribution is 6.30. The third-order valence-corrected chi connectivity index (χ3v) is 5.79. The van der Waals surface area contributed by atoms with E-state index in [1.807, 2.05) is 12.1 Å². The number of aromatic nitrogens is 5. The molecule has 8 nitrogen and oxygen atoms in total. The minimum Gasteiger partial charge on any atom is -0.497 e. The summed E-state index contributed by atoms with van der Waals surface area (Å²) in [4.78, 5) is 17.4. The first-order valence-corrected chi connectivity index (χ1v) is 11.3. The summed E-state index contributed by atoms with van der Waals surface area (Å²) in [6, 6.07) is 14.5. The highest BCUT2D eigenvalue weighted by Crippen LogP contribution is 2.33. The Morgan fingerprint density at radius 2 is 1.78 bits per heavy atom. The van der Waals surface area contributed by atoms with Crippen LogP contribution in [-0.4, -0.2) is 37.4 Å². The first-order chi connectivity index (χ1) is 17.7. The summed E-state index contributed by atoms with van der Waals surface area (Å²) in [6.45, 7) is 0.436. The smallest absolute Gasteiger partial charge is 0.433 e. The van der Waals surface area contributed by atoms with Crippen LogP contribution in [0.15, 0.2) is 73.2 Å². The molecule has 0 atom stereocenters. The van der Waals surface area contributed by atoms with Crippen molar-refractivity contribution in [3.8, 4) is 17.0 Å². The number of anilines is 1. The number of nitrogens with zero attached hydrogens (tertiary/aromatic N) is 5. The molecule has 5 rings (SSSR count). The number of carbonyl (C=O) groups excluding carboxylic acids is 1. The third-order valence-electron chi connectivity index (χ3n) is 5.54. The molecule has 188 valence electrons. The van der Waals surface area contributed by atoms with Crippen molar-refractivity contribution < 1.29 is 22.7 Å². The molecule has 1 amide bonds. The van der Waals surface area contributed by atoms with Gasteiger partial charge in [0, 0.05) is 16.8 Å². The number of alkyl halides is 3. The fraction of sp³-hybridized carbons (Fsp3) is 0.120. The van der Waals surface area contributed by atoms with Crippen LogP contribution in [0.1, 0.15) is 21.6 Å². The zero-order chi connectivity index (χ0) is 26.2. The van der Waals surface area contributed by atoms with E-state index in [9.17, 15) is 18.0 Å². The molecule has 0 unspecified atom stereocenters. The molecule has 2 aromatic carbocycles. The number of halogens is 4. The molecule has 0 aliphatic carbocycles. The highest BCUT2D eigenvalue weighted by atomic mass is 35.5. The van der Waals surface area contributed by atoms with Crippen molar-refractivity contribution in [2.75, 3.05) is 12.4 Å². The molecular formula is C25H18ClF3N6O2. The van der Waals surface area contributed by atoms with Gasteiger partial charge in [-0.3, -0.25) is 9.48 Å². The number of nitrogens with one attached hydrogen (secondary N) is 1. The second kappa shape index (κ2) is 9.58. The normalized spacial score (nSPS) is 11.6. The molecule has 37 heavy (non-hydrogen) atoms. The fourth-order valence-corrected chi connectivity index (χ4v) is 3.85. The Balaban J connectivity index is 1.45. The van der Waals surface area contributed by atoms with E-state index in [0.717, 1.165) is 17.8 Å². The number of ether oxygens (including phenoxy) is 1.